The van der Waals surface area contributed by atoms with Crippen molar-refractivity contribution in [3.8, 4) is 28.0 Å². The maximum atomic E-state index is 14.4. The number of hydrogen-bond acceptors (Lipinski definition) is 2. The first-order valence-corrected chi connectivity index (χ1v) is 9.57. The fourth-order valence-corrected chi connectivity index (χ4v) is 3.09. The van der Waals surface area contributed by atoms with E-state index in [-0.39, 0.29) is 17.7 Å². The molecule has 3 aromatic carbocycles. The third-order valence-corrected chi connectivity index (χ3v) is 4.71. The molecule has 0 aliphatic heterocycles. The first-order valence-electron chi connectivity index (χ1n) is 9.57. The summed E-state index contributed by atoms with van der Waals surface area (Å²) in [6, 6.07) is 20.3. The first kappa shape index (κ1) is 19.8. The van der Waals surface area contributed by atoms with Gasteiger partial charge >= 0.3 is 0 Å². The minimum atomic E-state index is -0.287. The van der Waals surface area contributed by atoms with Crippen LogP contribution in [0, 0.1) is 5.82 Å². The number of aliphatic hydroxyl groups excluding tert-OH is 1. The molecule has 0 aromatic heterocycles. The standard InChI is InChI=1S/C25H25FO2/c1-18(27)5-3-2-4-6-22-11-12-23(17-25(22)26)21-9-7-19(8-10-21)20-13-15-24(28)16-14-20/h4,6-18,27-28H,2-3,5H2,1H3. The highest BCUT2D eigenvalue weighted by atomic mass is 19.1. The van der Waals surface area contributed by atoms with E-state index in [0.717, 1.165) is 41.5 Å². The molecule has 0 amide bonds. The molecule has 28 heavy (non-hydrogen) atoms. The summed E-state index contributed by atoms with van der Waals surface area (Å²) in [5.41, 5.74) is 4.42. The first-order chi connectivity index (χ1) is 13.5. The van der Waals surface area contributed by atoms with Crippen molar-refractivity contribution in [2.24, 2.45) is 0 Å². The molecular weight excluding hydrogens is 351 g/mol. The summed E-state index contributed by atoms with van der Waals surface area (Å²) >= 11 is 0. The van der Waals surface area contributed by atoms with Crippen molar-refractivity contribution < 1.29 is 14.6 Å². The average molecular weight is 376 g/mol. The van der Waals surface area contributed by atoms with Crippen molar-refractivity contribution >= 4 is 6.08 Å². The van der Waals surface area contributed by atoms with Crippen molar-refractivity contribution in [2.75, 3.05) is 0 Å². The lowest BCUT2D eigenvalue weighted by Gasteiger charge is -2.07. The Morgan fingerprint density at radius 3 is 1.96 bits per heavy atom. The second kappa shape index (κ2) is 9.34. The fraction of sp³-hybridized carbons (Fsp3) is 0.200. The minimum absolute atomic E-state index is 0.243. The van der Waals surface area contributed by atoms with Crippen LogP contribution < -0.4 is 0 Å². The number of aromatic hydroxyl groups is 1. The lowest BCUT2D eigenvalue weighted by molar-refractivity contribution is 0.182. The Bertz CT molecular complexity index is 926. The molecule has 3 rings (SSSR count). The van der Waals surface area contributed by atoms with E-state index < -0.39 is 0 Å². The topological polar surface area (TPSA) is 40.5 Å². The van der Waals surface area contributed by atoms with E-state index in [0.29, 0.717) is 5.56 Å². The van der Waals surface area contributed by atoms with Gasteiger partial charge < -0.3 is 10.2 Å². The van der Waals surface area contributed by atoms with Gasteiger partial charge in [0.15, 0.2) is 0 Å². The molecule has 0 aliphatic carbocycles. The predicted molar refractivity (Wildman–Crippen MR) is 114 cm³/mol. The Morgan fingerprint density at radius 1 is 0.857 bits per heavy atom. The number of rotatable bonds is 7. The van der Waals surface area contributed by atoms with E-state index in [4.69, 9.17) is 0 Å². The molecule has 0 saturated carbocycles. The van der Waals surface area contributed by atoms with Gasteiger partial charge in [0.1, 0.15) is 11.6 Å². The highest BCUT2D eigenvalue weighted by molar-refractivity contribution is 5.71. The largest absolute Gasteiger partial charge is 0.508 e. The zero-order valence-electron chi connectivity index (χ0n) is 16.0. The van der Waals surface area contributed by atoms with Crippen molar-refractivity contribution in [1.29, 1.82) is 0 Å². The quantitative estimate of drug-likeness (QED) is 0.467. The molecule has 0 radical (unpaired) electrons. The van der Waals surface area contributed by atoms with Crippen LogP contribution in [0.25, 0.3) is 28.3 Å². The summed E-state index contributed by atoms with van der Waals surface area (Å²) < 4.78 is 14.4. The molecule has 0 aliphatic rings. The van der Waals surface area contributed by atoms with Crippen molar-refractivity contribution in [3.63, 3.8) is 0 Å². The predicted octanol–water partition coefficient (Wildman–Crippen LogP) is 6.43. The number of phenolic OH excluding ortho intramolecular Hbond substituents is 1. The summed E-state index contributed by atoms with van der Waals surface area (Å²) in [5.74, 6) is -0.000160. The van der Waals surface area contributed by atoms with E-state index in [2.05, 4.69) is 0 Å². The van der Waals surface area contributed by atoms with Gasteiger partial charge in [-0.25, -0.2) is 4.39 Å². The van der Waals surface area contributed by atoms with Gasteiger partial charge in [-0.15, -0.1) is 0 Å². The molecule has 1 atom stereocenters. The Balaban J connectivity index is 1.69. The van der Waals surface area contributed by atoms with Crippen LogP contribution in [0.15, 0.2) is 72.8 Å². The maximum absolute atomic E-state index is 14.4. The normalized spacial score (nSPS) is 12.4. The molecule has 0 heterocycles. The summed E-state index contributed by atoms with van der Waals surface area (Å²) in [4.78, 5) is 0. The SMILES string of the molecule is CC(O)CCCC=Cc1ccc(-c2ccc(-c3ccc(O)cc3)cc2)cc1F. The van der Waals surface area contributed by atoms with Crippen LogP contribution in [0.3, 0.4) is 0 Å². The summed E-state index contributed by atoms with van der Waals surface area (Å²) in [5, 5.41) is 18.6. The Labute approximate surface area is 165 Å². The number of halogens is 1. The molecule has 1 unspecified atom stereocenters. The Kier molecular flexibility index (Phi) is 6.62. The number of allylic oxidation sites excluding steroid dienone is 1. The summed E-state index contributed by atoms with van der Waals surface area (Å²) in [6.07, 6.45) is 5.93. The number of aliphatic hydroxyl groups is 1. The second-order valence-electron chi connectivity index (χ2n) is 7.04. The number of unbranched alkanes of at least 4 members (excludes halogenated alkanes) is 1. The van der Waals surface area contributed by atoms with Gasteiger partial charge in [-0.1, -0.05) is 60.7 Å². The molecular formula is C25H25FO2. The van der Waals surface area contributed by atoms with Gasteiger partial charge in [-0.2, -0.15) is 0 Å². The van der Waals surface area contributed by atoms with Gasteiger partial charge in [0.2, 0.25) is 0 Å². The van der Waals surface area contributed by atoms with Crippen LogP contribution in [0.4, 0.5) is 4.39 Å². The molecule has 0 bridgehead atoms. The number of benzene rings is 3. The molecule has 0 spiro atoms. The zero-order valence-corrected chi connectivity index (χ0v) is 16.0. The minimum Gasteiger partial charge on any atom is -0.508 e. The Hall–Kier alpha value is -2.91. The fourth-order valence-electron chi connectivity index (χ4n) is 3.09. The van der Waals surface area contributed by atoms with Crippen LogP contribution in [0.2, 0.25) is 0 Å². The highest BCUT2D eigenvalue weighted by Crippen LogP contribution is 2.27. The smallest absolute Gasteiger partial charge is 0.131 e. The molecule has 2 nitrogen and oxygen atoms in total. The zero-order chi connectivity index (χ0) is 19.9. The lowest BCUT2D eigenvalue weighted by Crippen LogP contribution is -1.97. The molecule has 2 N–H and O–H groups in total. The van der Waals surface area contributed by atoms with Crippen LogP contribution in [0.5, 0.6) is 5.75 Å². The maximum Gasteiger partial charge on any atom is 0.131 e. The van der Waals surface area contributed by atoms with Gasteiger partial charge in [-0.05, 0) is 66.6 Å². The number of hydrogen-bond donors (Lipinski definition) is 2. The van der Waals surface area contributed by atoms with Gasteiger partial charge in [0, 0.05) is 5.56 Å². The van der Waals surface area contributed by atoms with Gasteiger partial charge in [0.05, 0.1) is 6.10 Å². The third kappa shape index (κ3) is 5.30. The van der Waals surface area contributed by atoms with Crippen LogP contribution in [-0.4, -0.2) is 16.3 Å². The lowest BCUT2D eigenvalue weighted by atomic mass is 9.99. The van der Waals surface area contributed by atoms with E-state index >= 15 is 0 Å². The van der Waals surface area contributed by atoms with E-state index in [1.165, 1.54) is 0 Å². The summed E-state index contributed by atoms with van der Waals surface area (Å²) in [7, 11) is 0. The molecule has 3 aromatic rings. The van der Waals surface area contributed by atoms with Gasteiger partial charge in [-0.3, -0.25) is 0 Å². The van der Waals surface area contributed by atoms with Gasteiger partial charge in [0.25, 0.3) is 0 Å². The van der Waals surface area contributed by atoms with Crippen molar-refractivity contribution in [3.05, 3.63) is 84.2 Å². The third-order valence-electron chi connectivity index (χ3n) is 4.71. The molecule has 3 heteroatoms. The van der Waals surface area contributed by atoms with E-state index in [1.807, 2.05) is 48.5 Å². The molecule has 0 saturated heterocycles. The monoisotopic (exact) mass is 376 g/mol. The van der Waals surface area contributed by atoms with Crippen LogP contribution >= 0.6 is 0 Å². The average Bonchev–Trinajstić information content (AvgIpc) is 2.69. The van der Waals surface area contributed by atoms with Crippen molar-refractivity contribution in [2.45, 2.75) is 32.3 Å². The highest BCUT2D eigenvalue weighted by Gasteiger charge is 2.05. The number of phenols is 1. The second-order valence-corrected chi connectivity index (χ2v) is 7.04. The Morgan fingerprint density at radius 2 is 1.39 bits per heavy atom. The molecule has 144 valence electrons. The van der Waals surface area contributed by atoms with Crippen LogP contribution in [0.1, 0.15) is 31.7 Å². The molecule has 0 fully saturated rings. The van der Waals surface area contributed by atoms with Crippen molar-refractivity contribution in [1.82, 2.24) is 0 Å². The summed E-state index contributed by atoms with van der Waals surface area (Å²) in [6.45, 7) is 1.78. The van der Waals surface area contributed by atoms with E-state index in [1.54, 1.807) is 37.3 Å². The van der Waals surface area contributed by atoms with E-state index in [9.17, 15) is 14.6 Å². The van der Waals surface area contributed by atoms with Crippen LogP contribution in [-0.2, 0) is 0 Å².